The van der Waals surface area contributed by atoms with E-state index in [1.165, 1.54) is 25.7 Å². The van der Waals surface area contributed by atoms with Crippen LogP contribution in [-0.4, -0.2) is 6.36 Å². The molecular formula is C22H29F5O. The Morgan fingerprint density at radius 3 is 2.07 bits per heavy atom. The maximum atomic E-state index is 13.8. The highest BCUT2D eigenvalue weighted by atomic mass is 19.4. The molecule has 1 saturated carbocycles. The zero-order chi connectivity index (χ0) is 20.6. The molecular weight excluding hydrogens is 375 g/mol. The number of alkyl halides is 3. The van der Waals surface area contributed by atoms with Gasteiger partial charge in [0.2, 0.25) is 5.75 Å². The van der Waals surface area contributed by atoms with Crippen molar-refractivity contribution in [1.29, 1.82) is 0 Å². The Labute approximate surface area is 164 Å². The van der Waals surface area contributed by atoms with Crippen LogP contribution < -0.4 is 4.74 Å². The Morgan fingerprint density at radius 2 is 1.54 bits per heavy atom. The third kappa shape index (κ3) is 7.80. The smallest absolute Gasteiger partial charge is 0.399 e. The van der Waals surface area contributed by atoms with Crippen LogP contribution in [0.25, 0.3) is 0 Å². The van der Waals surface area contributed by atoms with Crippen molar-refractivity contribution in [2.24, 2.45) is 11.8 Å². The molecule has 0 atom stereocenters. The van der Waals surface area contributed by atoms with Crippen LogP contribution in [0.15, 0.2) is 24.3 Å². The Balaban J connectivity index is 1.75. The van der Waals surface area contributed by atoms with Gasteiger partial charge in [-0.2, -0.15) is 0 Å². The van der Waals surface area contributed by atoms with Gasteiger partial charge in [-0.25, -0.2) is 8.78 Å². The average Bonchev–Trinajstić information content (AvgIpc) is 2.63. The predicted molar refractivity (Wildman–Crippen MR) is 100 cm³/mol. The summed E-state index contributed by atoms with van der Waals surface area (Å²) in [7, 11) is 0. The van der Waals surface area contributed by atoms with Crippen molar-refractivity contribution in [2.75, 3.05) is 0 Å². The van der Waals surface area contributed by atoms with Crippen molar-refractivity contribution in [2.45, 2.75) is 77.5 Å². The maximum absolute atomic E-state index is 13.8. The standard InChI is InChI=1S/C22H29F5O/c1-2-3-4-5-6-7-16-8-10-17(11-9-16)12-13-18-14-19(23)21(20(24)15-18)28-22(25,26)27/h3-4,14-17H,2,5-13H2,1H3/b4-3+/t16-,17-. The van der Waals surface area contributed by atoms with Crippen LogP contribution >= 0.6 is 0 Å². The molecule has 1 aromatic carbocycles. The van der Waals surface area contributed by atoms with Crippen LogP contribution in [-0.2, 0) is 6.42 Å². The van der Waals surface area contributed by atoms with Crippen molar-refractivity contribution in [3.05, 3.63) is 41.5 Å². The third-order valence-corrected chi connectivity index (χ3v) is 5.47. The summed E-state index contributed by atoms with van der Waals surface area (Å²) in [6.45, 7) is 2.13. The highest BCUT2D eigenvalue weighted by Gasteiger charge is 2.34. The number of unbranched alkanes of at least 4 members (excludes halogenated alkanes) is 1. The Kier molecular flexibility index (Phi) is 8.77. The molecule has 0 spiro atoms. The SMILES string of the molecule is CC/C=C/CCC[C@H]1CC[C@H](CCc2cc(F)c(OC(F)(F)F)c(F)c2)CC1. The zero-order valence-corrected chi connectivity index (χ0v) is 16.3. The maximum Gasteiger partial charge on any atom is 0.573 e. The Hall–Kier alpha value is -1.59. The van der Waals surface area contributed by atoms with E-state index < -0.39 is 23.7 Å². The van der Waals surface area contributed by atoms with Gasteiger partial charge in [0.15, 0.2) is 11.6 Å². The highest BCUT2D eigenvalue weighted by Crippen LogP contribution is 2.35. The summed E-state index contributed by atoms with van der Waals surface area (Å²) in [4.78, 5) is 0. The quantitative estimate of drug-likeness (QED) is 0.232. The number of hydrogen-bond donors (Lipinski definition) is 0. The normalized spacial score (nSPS) is 20.6. The van der Waals surface area contributed by atoms with Crippen molar-refractivity contribution < 1.29 is 26.7 Å². The van der Waals surface area contributed by atoms with Gasteiger partial charge < -0.3 is 4.74 Å². The van der Waals surface area contributed by atoms with Crippen LogP contribution in [0.2, 0.25) is 0 Å². The van der Waals surface area contributed by atoms with Crippen molar-refractivity contribution in [1.82, 2.24) is 0 Å². The van der Waals surface area contributed by atoms with E-state index in [4.69, 9.17) is 0 Å². The minimum Gasteiger partial charge on any atom is -0.399 e. The fourth-order valence-electron chi connectivity index (χ4n) is 3.96. The fraction of sp³-hybridized carbons (Fsp3) is 0.636. The van der Waals surface area contributed by atoms with Gasteiger partial charge in [0.25, 0.3) is 0 Å². The second-order valence-electron chi connectivity index (χ2n) is 7.67. The van der Waals surface area contributed by atoms with Crippen LogP contribution in [0.3, 0.4) is 0 Å². The van der Waals surface area contributed by atoms with Gasteiger partial charge in [-0.1, -0.05) is 51.2 Å². The molecule has 0 unspecified atom stereocenters. The van der Waals surface area contributed by atoms with Crippen molar-refractivity contribution in [3.63, 3.8) is 0 Å². The van der Waals surface area contributed by atoms with Crippen molar-refractivity contribution >= 4 is 0 Å². The number of hydrogen-bond acceptors (Lipinski definition) is 1. The van der Waals surface area contributed by atoms with E-state index >= 15 is 0 Å². The summed E-state index contributed by atoms with van der Waals surface area (Å²) in [5.41, 5.74) is 0.370. The lowest BCUT2D eigenvalue weighted by molar-refractivity contribution is -0.276. The number of rotatable bonds is 9. The highest BCUT2D eigenvalue weighted by molar-refractivity contribution is 5.31. The van der Waals surface area contributed by atoms with E-state index in [2.05, 4.69) is 23.8 Å². The minimum absolute atomic E-state index is 0.370. The van der Waals surface area contributed by atoms with E-state index in [9.17, 15) is 22.0 Å². The van der Waals surface area contributed by atoms with Crippen LogP contribution in [0.5, 0.6) is 5.75 Å². The van der Waals surface area contributed by atoms with Gasteiger partial charge >= 0.3 is 6.36 Å². The second-order valence-corrected chi connectivity index (χ2v) is 7.67. The van der Waals surface area contributed by atoms with Gasteiger partial charge in [0.05, 0.1) is 0 Å². The summed E-state index contributed by atoms with van der Waals surface area (Å²) in [6.07, 6.45) is 9.84. The molecule has 0 bridgehead atoms. The fourth-order valence-corrected chi connectivity index (χ4v) is 3.96. The Bertz CT molecular complexity index is 607. The van der Waals surface area contributed by atoms with E-state index in [-0.39, 0.29) is 0 Å². The largest absolute Gasteiger partial charge is 0.573 e. The molecule has 1 aromatic rings. The minimum atomic E-state index is -5.12. The lowest BCUT2D eigenvalue weighted by atomic mass is 9.78. The lowest BCUT2D eigenvalue weighted by Gasteiger charge is -2.28. The molecule has 2 rings (SSSR count). The lowest BCUT2D eigenvalue weighted by Crippen LogP contribution is -2.19. The molecule has 6 heteroatoms. The van der Waals surface area contributed by atoms with Crippen molar-refractivity contribution in [3.8, 4) is 5.75 Å². The summed E-state index contributed by atoms with van der Waals surface area (Å²) in [5, 5.41) is 0. The second kappa shape index (κ2) is 10.8. The Morgan fingerprint density at radius 1 is 0.964 bits per heavy atom. The van der Waals surface area contributed by atoms with Gasteiger partial charge in [-0.05, 0) is 61.6 Å². The van der Waals surface area contributed by atoms with Crippen LogP contribution in [0.4, 0.5) is 22.0 Å². The molecule has 0 aromatic heterocycles. The molecule has 1 aliphatic carbocycles. The van der Waals surface area contributed by atoms with Gasteiger partial charge in [0, 0.05) is 0 Å². The molecule has 158 valence electrons. The molecule has 0 amide bonds. The summed E-state index contributed by atoms with van der Waals surface area (Å²) < 4.78 is 67.6. The number of allylic oxidation sites excluding steroid dienone is 2. The van der Waals surface area contributed by atoms with Crippen LogP contribution in [0, 0.1) is 23.5 Å². The third-order valence-electron chi connectivity index (χ3n) is 5.47. The first-order chi connectivity index (χ1) is 13.3. The van der Waals surface area contributed by atoms with Crippen LogP contribution in [0.1, 0.15) is 70.3 Å². The number of halogens is 5. The van der Waals surface area contributed by atoms with E-state index in [0.29, 0.717) is 17.9 Å². The molecule has 0 heterocycles. The first-order valence-corrected chi connectivity index (χ1v) is 10.2. The number of benzene rings is 1. The average molecular weight is 404 g/mol. The van der Waals surface area contributed by atoms with E-state index in [0.717, 1.165) is 50.2 Å². The molecule has 0 N–H and O–H groups in total. The monoisotopic (exact) mass is 404 g/mol. The summed E-state index contributed by atoms with van der Waals surface area (Å²) in [6, 6.07) is 1.89. The number of ether oxygens (including phenoxy) is 1. The summed E-state index contributed by atoms with van der Waals surface area (Å²) >= 11 is 0. The molecule has 1 fully saturated rings. The molecule has 1 nitrogen and oxygen atoms in total. The van der Waals surface area contributed by atoms with E-state index in [1.54, 1.807) is 0 Å². The summed E-state index contributed by atoms with van der Waals surface area (Å²) in [5.74, 6) is -2.74. The van der Waals surface area contributed by atoms with Gasteiger partial charge in [-0.15, -0.1) is 13.2 Å². The number of aryl methyl sites for hydroxylation is 1. The van der Waals surface area contributed by atoms with Gasteiger partial charge in [0.1, 0.15) is 0 Å². The first-order valence-electron chi connectivity index (χ1n) is 10.2. The molecule has 28 heavy (non-hydrogen) atoms. The zero-order valence-electron chi connectivity index (χ0n) is 16.3. The predicted octanol–water partition coefficient (Wildman–Crippen LogP) is 7.74. The molecule has 1 aliphatic rings. The first kappa shape index (κ1) is 22.7. The molecule has 0 radical (unpaired) electrons. The topological polar surface area (TPSA) is 9.23 Å². The van der Waals surface area contributed by atoms with E-state index in [1.807, 2.05) is 0 Å². The van der Waals surface area contributed by atoms with Gasteiger partial charge in [-0.3, -0.25) is 0 Å². The molecule has 0 saturated heterocycles. The molecule has 0 aliphatic heterocycles.